The van der Waals surface area contributed by atoms with Gasteiger partial charge in [-0.2, -0.15) is 0 Å². The van der Waals surface area contributed by atoms with E-state index >= 15 is 0 Å². The number of nitrogens with zero attached hydrogens (tertiary/aromatic N) is 2. The Balaban J connectivity index is 1.56. The van der Waals surface area contributed by atoms with Crippen molar-refractivity contribution in [2.24, 2.45) is 0 Å². The Morgan fingerprint density at radius 2 is 1.94 bits per heavy atom. The van der Waals surface area contributed by atoms with Crippen molar-refractivity contribution >= 4 is 49.5 Å². The highest BCUT2D eigenvalue weighted by molar-refractivity contribution is 7.93. The second-order valence-electron chi connectivity index (χ2n) is 7.66. The minimum absolute atomic E-state index is 0.110. The molecule has 1 aliphatic heterocycles. The van der Waals surface area contributed by atoms with Crippen LogP contribution < -0.4 is 5.32 Å². The van der Waals surface area contributed by atoms with Crippen LogP contribution in [-0.4, -0.2) is 75.9 Å². The van der Waals surface area contributed by atoms with Gasteiger partial charge < -0.3 is 14.8 Å². The molecule has 0 aliphatic carbocycles. The molecule has 1 fully saturated rings. The Morgan fingerprint density at radius 1 is 1.18 bits per heavy atom. The molecule has 0 unspecified atom stereocenters. The van der Waals surface area contributed by atoms with Gasteiger partial charge in [0.25, 0.3) is 0 Å². The van der Waals surface area contributed by atoms with Gasteiger partial charge in [-0.1, -0.05) is 11.3 Å². The first-order chi connectivity index (χ1) is 15.8. The van der Waals surface area contributed by atoms with Crippen molar-refractivity contribution in [3.8, 4) is 9.75 Å². The van der Waals surface area contributed by atoms with Gasteiger partial charge in [-0.15, -0.1) is 11.3 Å². The van der Waals surface area contributed by atoms with Gasteiger partial charge in [0.05, 0.1) is 36.6 Å². The lowest BCUT2D eigenvalue weighted by atomic mass is 10.2. The van der Waals surface area contributed by atoms with E-state index in [2.05, 4.69) is 19.9 Å². The molecule has 3 heterocycles. The van der Waals surface area contributed by atoms with Crippen LogP contribution in [0.1, 0.15) is 31.4 Å². The van der Waals surface area contributed by atoms with E-state index in [1.807, 2.05) is 6.92 Å². The second-order valence-corrected chi connectivity index (χ2v) is 12.1. The third kappa shape index (κ3) is 7.57. The smallest absolute Gasteiger partial charge is 0.305 e. The van der Waals surface area contributed by atoms with Crippen molar-refractivity contribution in [3.63, 3.8) is 0 Å². The number of ether oxygens (including phenoxy) is 2. The van der Waals surface area contributed by atoms with E-state index in [4.69, 9.17) is 4.74 Å². The number of thiazole rings is 1. The molecular weight excluding hydrogens is 486 g/mol. The number of nitrogens with one attached hydrogen (secondary N) is 1. The summed E-state index contributed by atoms with van der Waals surface area (Å²) in [6.45, 7) is 5.67. The summed E-state index contributed by atoms with van der Waals surface area (Å²) in [5.41, 5.74) is 0.725. The number of aromatic nitrogens is 1. The molecule has 9 nitrogen and oxygen atoms in total. The Morgan fingerprint density at radius 3 is 2.67 bits per heavy atom. The van der Waals surface area contributed by atoms with Crippen molar-refractivity contribution in [2.45, 2.75) is 36.8 Å². The van der Waals surface area contributed by atoms with E-state index in [1.54, 1.807) is 12.1 Å². The van der Waals surface area contributed by atoms with E-state index in [9.17, 15) is 18.0 Å². The number of anilines is 1. The van der Waals surface area contributed by atoms with Gasteiger partial charge >= 0.3 is 5.97 Å². The molecule has 1 aliphatic rings. The number of methoxy groups -OCH3 is 1. The van der Waals surface area contributed by atoms with Gasteiger partial charge in [0.2, 0.25) is 5.91 Å². The molecule has 3 rings (SSSR count). The quantitative estimate of drug-likeness (QED) is 0.454. The largest absolute Gasteiger partial charge is 0.469 e. The number of esters is 1. The van der Waals surface area contributed by atoms with Crippen LogP contribution in [0.25, 0.3) is 9.75 Å². The SMILES string of the molecule is COC(=O)CCCC(=O)Nc1nc(C)c(-c2ccc(S(=O)(=O)CCCN3CCOCC3)s2)s1. The summed E-state index contributed by atoms with van der Waals surface area (Å²) < 4.78 is 35.8. The molecule has 2 aromatic rings. The zero-order valence-electron chi connectivity index (χ0n) is 18.8. The van der Waals surface area contributed by atoms with Crippen LogP contribution in [0, 0.1) is 6.92 Å². The molecule has 0 bridgehead atoms. The topological polar surface area (TPSA) is 115 Å². The van der Waals surface area contributed by atoms with E-state index in [1.165, 1.54) is 29.8 Å². The highest BCUT2D eigenvalue weighted by Crippen LogP contribution is 2.38. The molecule has 1 saturated heterocycles. The van der Waals surface area contributed by atoms with Gasteiger partial charge in [0.1, 0.15) is 4.21 Å². The van der Waals surface area contributed by atoms with Crippen molar-refractivity contribution in [2.75, 3.05) is 51.0 Å². The number of rotatable bonds is 11. The van der Waals surface area contributed by atoms with Crippen LogP contribution in [0.2, 0.25) is 0 Å². The number of sulfone groups is 1. The van der Waals surface area contributed by atoms with Gasteiger partial charge in [0.15, 0.2) is 15.0 Å². The van der Waals surface area contributed by atoms with E-state index in [-0.39, 0.29) is 30.5 Å². The van der Waals surface area contributed by atoms with Crippen molar-refractivity contribution < 1.29 is 27.5 Å². The summed E-state index contributed by atoms with van der Waals surface area (Å²) in [6, 6.07) is 3.44. The van der Waals surface area contributed by atoms with Crippen molar-refractivity contribution in [1.29, 1.82) is 0 Å². The Hall–Kier alpha value is -1.86. The molecule has 2 aromatic heterocycles. The standard InChI is InChI=1S/C21H29N3O6S3/c1-15-20(32-21(22-15)23-17(25)5-3-6-18(26)29-2)16-7-8-19(31-16)33(27,28)14-4-9-24-10-12-30-13-11-24/h7-8H,3-6,9-14H2,1-2H3,(H,22,23,25). The summed E-state index contributed by atoms with van der Waals surface area (Å²) in [6.07, 6.45) is 1.36. The molecule has 182 valence electrons. The Labute approximate surface area is 202 Å². The lowest BCUT2D eigenvalue weighted by Crippen LogP contribution is -2.37. The number of carbonyl (C=O) groups excluding carboxylic acids is 2. The number of hydrogen-bond acceptors (Lipinski definition) is 10. The fourth-order valence-electron chi connectivity index (χ4n) is 3.37. The second kappa shape index (κ2) is 12.0. The van der Waals surface area contributed by atoms with Crippen LogP contribution in [0.4, 0.5) is 5.13 Å². The summed E-state index contributed by atoms with van der Waals surface area (Å²) in [7, 11) is -2.04. The van der Waals surface area contributed by atoms with Gasteiger partial charge in [-0.05, 0) is 38.4 Å². The molecule has 0 radical (unpaired) electrons. The number of morpholine rings is 1. The predicted octanol–water partition coefficient (Wildman–Crippen LogP) is 2.96. The van der Waals surface area contributed by atoms with Crippen LogP contribution >= 0.6 is 22.7 Å². The average molecular weight is 516 g/mol. The predicted molar refractivity (Wildman–Crippen MR) is 129 cm³/mol. The summed E-state index contributed by atoms with van der Waals surface area (Å²) in [5.74, 6) is -0.465. The Bertz CT molecular complexity index is 1060. The lowest BCUT2D eigenvalue weighted by molar-refractivity contribution is -0.140. The molecule has 33 heavy (non-hydrogen) atoms. The lowest BCUT2D eigenvalue weighted by Gasteiger charge is -2.26. The normalized spacial score (nSPS) is 14.8. The number of hydrogen-bond donors (Lipinski definition) is 1. The summed E-state index contributed by atoms with van der Waals surface area (Å²) in [5, 5.41) is 3.20. The third-order valence-corrected chi connectivity index (χ3v) is 9.88. The maximum atomic E-state index is 12.8. The highest BCUT2D eigenvalue weighted by atomic mass is 32.2. The molecule has 1 N–H and O–H groups in total. The van der Waals surface area contributed by atoms with Crippen molar-refractivity contribution in [1.82, 2.24) is 9.88 Å². The number of amides is 1. The van der Waals surface area contributed by atoms with E-state index in [0.717, 1.165) is 35.1 Å². The van der Waals surface area contributed by atoms with Crippen LogP contribution in [0.15, 0.2) is 16.3 Å². The zero-order valence-corrected chi connectivity index (χ0v) is 21.2. The zero-order chi connectivity index (χ0) is 23.8. The number of carbonyl (C=O) groups is 2. The van der Waals surface area contributed by atoms with Crippen LogP contribution in [0.3, 0.4) is 0 Å². The Kier molecular flexibility index (Phi) is 9.38. The molecule has 1 amide bonds. The first-order valence-corrected chi connectivity index (χ1v) is 14.0. The fourth-order valence-corrected chi connectivity index (χ4v) is 7.26. The average Bonchev–Trinajstić information content (AvgIpc) is 3.41. The number of aryl methyl sites for hydroxylation is 1. The third-order valence-electron chi connectivity index (χ3n) is 5.16. The first kappa shape index (κ1) is 25.8. The maximum Gasteiger partial charge on any atom is 0.305 e. The number of thiophene rings is 1. The summed E-state index contributed by atoms with van der Waals surface area (Å²) >= 11 is 2.54. The maximum absolute atomic E-state index is 12.8. The van der Waals surface area contributed by atoms with E-state index < -0.39 is 9.84 Å². The molecule has 0 spiro atoms. The summed E-state index contributed by atoms with van der Waals surface area (Å²) in [4.78, 5) is 31.5. The highest BCUT2D eigenvalue weighted by Gasteiger charge is 2.21. The molecule has 0 saturated carbocycles. The molecular formula is C21H29N3O6S3. The van der Waals surface area contributed by atoms with E-state index in [0.29, 0.717) is 35.4 Å². The van der Waals surface area contributed by atoms with Crippen LogP contribution in [0.5, 0.6) is 0 Å². The molecule has 0 atom stereocenters. The minimum atomic E-state index is -3.36. The van der Waals surface area contributed by atoms with Gasteiger partial charge in [-0.25, -0.2) is 13.4 Å². The molecule has 12 heteroatoms. The van der Waals surface area contributed by atoms with Gasteiger partial charge in [0, 0.05) is 30.8 Å². The van der Waals surface area contributed by atoms with Gasteiger partial charge in [-0.3, -0.25) is 14.5 Å². The molecule has 0 aromatic carbocycles. The monoisotopic (exact) mass is 515 g/mol. The van der Waals surface area contributed by atoms with Crippen molar-refractivity contribution in [3.05, 3.63) is 17.8 Å². The van der Waals surface area contributed by atoms with Crippen LogP contribution in [-0.2, 0) is 28.9 Å². The minimum Gasteiger partial charge on any atom is -0.469 e. The first-order valence-electron chi connectivity index (χ1n) is 10.8. The fraction of sp³-hybridized carbons (Fsp3) is 0.571.